The summed E-state index contributed by atoms with van der Waals surface area (Å²) in [6.45, 7) is 4.65. The number of nitrogens with one attached hydrogen (secondary N) is 2. The third-order valence-corrected chi connectivity index (χ3v) is 5.33. The quantitative estimate of drug-likeness (QED) is 0.570. The SMILES string of the molecule is CCNC(=NCc1cccc(OC)c1)NCC1(c2ccc3c(c2)OCO3)CC1. The molecule has 2 aromatic carbocycles. The molecular weight excluding hydrogens is 354 g/mol. The molecule has 2 N–H and O–H groups in total. The second kappa shape index (κ2) is 8.00. The molecule has 1 aliphatic carbocycles. The van der Waals surface area contributed by atoms with Crippen molar-refractivity contribution in [2.45, 2.75) is 31.7 Å². The standard InChI is InChI=1S/C22H27N3O3/c1-3-23-21(24-13-16-5-4-6-18(11-16)26-2)25-14-22(9-10-22)17-7-8-19-20(12-17)28-15-27-19/h4-8,11-12H,3,9-10,13-15H2,1-2H3,(H2,23,24,25). The first-order valence-corrected chi connectivity index (χ1v) is 9.78. The zero-order valence-electron chi connectivity index (χ0n) is 16.5. The van der Waals surface area contributed by atoms with Gasteiger partial charge in [0.25, 0.3) is 0 Å². The summed E-state index contributed by atoms with van der Waals surface area (Å²) in [5.74, 6) is 3.37. The van der Waals surface area contributed by atoms with Crippen LogP contribution in [0.25, 0.3) is 0 Å². The van der Waals surface area contributed by atoms with Crippen LogP contribution in [0.15, 0.2) is 47.5 Å². The van der Waals surface area contributed by atoms with Gasteiger partial charge in [-0.05, 0) is 55.2 Å². The van der Waals surface area contributed by atoms with Gasteiger partial charge in [-0.1, -0.05) is 18.2 Å². The maximum Gasteiger partial charge on any atom is 0.231 e. The fourth-order valence-electron chi connectivity index (χ4n) is 3.48. The summed E-state index contributed by atoms with van der Waals surface area (Å²) < 4.78 is 16.3. The Hall–Kier alpha value is -2.89. The van der Waals surface area contributed by atoms with Gasteiger partial charge in [0.2, 0.25) is 6.79 Å². The van der Waals surface area contributed by atoms with Crippen molar-refractivity contribution in [3.63, 3.8) is 0 Å². The molecule has 4 rings (SSSR count). The van der Waals surface area contributed by atoms with E-state index in [0.717, 1.165) is 54.7 Å². The van der Waals surface area contributed by atoms with E-state index in [9.17, 15) is 0 Å². The van der Waals surface area contributed by atoms with Gasteiger partial charge in [0.05, 0.1) is 13.7 Å². The lowest BCUT2D eigenvalue weighted by molar-refractivity contribution is 0.174. The molecule has 6 heteroatoms. The first kappa shape index (κ1) is 18.5. The molecule has 2 aliphatic rings. The van der Waals surface area contributed by atoms with Crippen LogP contribution in [0.3, 0.4) is 0 Å². The van der Waals surface area contributed by atoms with Gasteiger partial charge in [-0.2, -0.15) is 0 Å². The van der Waals surface area contributed by atoms with E-state index in [4.69, 9.17) is 19.2 Å². The molecule has 0 radical (unpaired) electrons. The molecule has 1 aliphatic heterocycles. The average molecular weight is 381 g/mol. The minimum Gasteiger partial charge on any atom is -0.497 e. The predicted octanol–water partition coefficient (Wildman–Crippen LogP) is 3.21. The first-order valence-electron chi connectivity index (χ1n) is 9.78. The van der Waals surface area contributed by atoms with Crippen LogP contribution >= 0.6 is 0 Å². The fourth-order valence-corrected chi connectivity index (χ4v) is 3.48. The molecule has 0 unspecified atom stereocenters. The number of benzene rings is 2. The lowest BCUT2D eigenvalue weighted by atomic mass is 9.95. The van der Waals surface area contributed by atoms with Gasteiger partial charge in [-0.25, -0.2) is 4.99 Å². The second-order valence-electron chi connectivity index (χ2n) is 7.25. The number of fused-ring (bicyclic) bond motifs is 1. The second-order valence-corrected chi connectivity index (χ2v) is 7.25. The summed E-state index contributed by atoms with van der Waals surface area (Å²) in [6, 6.07) is 14.3. The van der Waals surface area contributed by atoms with E-state index in [1.165, 1.54) is 5.56 Å². The molecule has 148 valence electrons. The Bertz CT molecular complexity index is 862. The average Bonchev–Trinajstić information content (AvgIpc) is 3.38. The molecule has 0 amide bonds. The highest BCUT2D eigenvalue weighted by molar-refractivity contribution is 5.80. The Morgan fingerprint density at radius 3 is 2.75 bits per heavy atom. The highest BCUT2D eigenvalue weighted by atomic mass is 16.7. The van der Waals surface area contributed by atoms with E-state index >= 15 is 0 Å². The van der Waals surface area contributed by atoms with Crippen LogP contribution < -0.4 is 24.8 Å². The van der Waals surface area contributed by atoms with Crippen LogP contribution in [-0.4, -0.2) is 33.0 Å². The molecule has 1 saturated carbocycles. The highest BCUT2D eigenvalue weighted by Crippen LogP contribution is 2.49. The molecule has 0 aromatic heterocycles. The van der Waals surface area contributed by atoms with Gasteiger partial charge in [-0.15, -0.1) is 0 Å². The third-order valence-electron chi connectivity index (χ3n) is 5.33. The number of nitrogens with zero attached hydrogens (tertiary/aromatic N) is 1. The number of aliphatic imine (C=N–C) groups is 1. The van der Waals surface area contributed by atoms with E-state index in [1.54, 1.807) is 7.11 Å². The lowest BCUT2D eigenvalue weighted by Crippen LogP contribution is -2.41. The van der Waals surface area contributed by atoms with Crippen molar-refractivity contribution in [3.8, 4) is 17.2 Å². The number of hydrogen-bond donors (Lipinski definition) is 2. The highest BCUT2D eigenvalue weighted by Gasteiger charge is 2.44. The van der Waals surface area contributed by atoms with E-state index < -0.39 is 0 Å². The molecule has 2 aromatic rings. The van der Waals surface area contributed by atoms with Gasteiger partial charge >= 0.3 is 0 Å². The van der Waals surface area contributed by atoms with Gasteiger partial charge in [0.1, 0.15) is 5.75 Å². The molecule has 28 heavy (non-hydrogen) atoms. The van der Waals surface area contributed by atoms with Gasteiger partial charge < -0.3 is 24.8 Å². The Morgan fingerprint density at radius 2 is 1.96 bits per heavy atom. The van der Waals surface area contributed by atoms with Crippen LogP contribution in [-0.2, 0) is 12.0 Å². The van der Waals surface area contributed by atoms with Gasteiger partial charge in [-0.3, -0.25) is 0 Å². The summed E-state index contributed by atoms with van der Waals surface area (Å²) in [5.41, 5.74) is 2.56. The van der Waals surface area contributed by atoms with Crippen LogP contribution in [0.2, 0.25) is 0 Å². The normalized spacial score (nSPS) is 16.6. The summed E-state index contributed by atoms with van der Waals surface area (Å²) in [6.07, 6.45) is 2.32. The van der Waals surface area contributed by atoms with Gasteiger partial charge in [0.15, 0.2) is 17.5 Å². The largest absolute Gasteiger partial charge is 0.497 e. The molecule has 1 fully saturated rings. The van der Waals surface area contributed by atoms with Crippen molar-refractivity contribution in [2.75, 3.05) is 27.0 Å². The number of methoxy groups -OCH3 is 1. The maximum atomic E-state index is 5.54. The molecule has 1 heterocycles. The number of guanidine groups is 1. The smallest absolute Gasteiger partial charge is 0.231 e. The summed E-state index contributed by atoms with van der Waals surface area (Å²) >= 11 is 0. The molecule has 0 spiro atoms. The van der Waals surface area contributed by atoms with Crippen molar-refractivity contribution >= 4 is 5.96 Å². The minimum absolute atomic E-state index is 0.146. The van der Waals surface area contributed by atoms with Crippen molar-refractivity contribution in [1.82, 2.24) is 10.6 Å². The van der Waals surface area contributed by atoms with Crippen LogP contribution in [0.5, 0.6) is 17.2 Å². The minimum atomic E-state index is 0.146. The zero-order chi connectivity index (χ0) is 19.4. The maximum absolute atomic E-state index is 5.54. The van der Waals surface area contributed by atoms with Crippen molar-refractivity contribution in [2.24, 2.45) is 4.99 Å². The van der Waals surface area contributed by atoms with E-state index in [1.807, 2.05) is 24.3 Å². The van der Waals surface area contributed by atoms with Crippen LogP contribution in [0.1, 0.15) is 30.9 Å². The van der Waals surface area contributed by atoms with Crippen LogP contribution in [0.4, 0.5) is 0 Å². The Kier molecular flexibility index (Phi) is 5.28. The van der Waals surface area contributed by atoms with E-state index in [0.29, 0.717) is 13.3 Å². The molecule has 6 nitrogen and oxygen atoms in total. The number of ether oxygens (including phenoxy) is 3. The Labute approximate surface area is 165 Å². The predicted molar refractivity (Wildman–Crippen MR) is 109 cm³/mol. The molecule has 0 atom stereocenters. The van der Waals surface area contributed by atoms with Crippen molar-refractivity contribution in [3.05, 3.63) is 53.6 Å². The van der Waals surface area contributed by atoms with Crippen molar-refractivity contribution < 1.29 is 14.2 Å². The summed E-state index contributed by atoms with van der Waals surface area (Å²) in [4.78, 5) is 4.74. The Morgan fingerprint density at radius 1 is 1.11 bits per heavy atom. The molecule has 0 bridgehead atoms. The number of hydrogen-bond acceptors (Lipinski definition) is 4. The third kappa shape index (κ3) is 4.01. The van der Waals surface area contributed by atoms with Crippen LogP contribution in [0, 0.1) is 0 Å². The monoisotopic (exact) mass is 381 g/mol. The number of rotatable bonds is 7. The summed E-state index contributed by atoms with van der Waals surface area (Å²) in [5, 5.41) is 6.86. The topological polar surface area (TPSA) is 64.1 Å². The molecule has 0 saturated heterocycles. The van der Waals surface area contributed by atoms with Gasteiger partial charge in [0, 0.05) is 18.5 Å². The first-order chi connectivity index (χ1) is 13.7. The fraction of sp³-hybridized carbons (Fsp3) is 0.409. The van der Waals surface area contributed by atoms with Crippen molar-refractivity contribution in [1.29, 1.82) is 0 Å². The molecular formula is C22H27N3O3. The zero-order valence-corrected chi connectivity index (χ0v) is 16.5. The lowest BCUT2D eigenvalue weighted by Gasteiger charge is -2.19. The summed E-state index contributed by atoms with van der Waals surface area (Å²) in [7, 11) is 1.68. The Balaban J connectivity index is 1.42. The van der Waals surface area contributed by atoms with E-state index in [-0.39, 0.29) is 5.41 Å². The van der Waals surface area contributed by atoms with E-state index in [2.05, 4.69) is 35.8 Å².